The summed E-state index contributed by atoms with van der Waals surface area (Å²) in [6.07, 6.45) is 4.51. The van der Waals surface area contributed by atoms with E-state index in [2.05, 4.69) is 20.8 Å². The van der Waals surface area contributed by atoms with Gasteiger partial charge in [0, 0.05) is 24.5 Å². The van der Waals surface area contributed by atoms with Crippen LogP contribution in [0.4, 0.5) is 5.69 Å². The molecule has 0 radical (unpaired) electrons. The summed E-state index contributed by atoms with van der Waals surface area (Å²) in [4.78, 5) is 2.27. The minimum absolute atomic E-state index is 0.356. The van der Waals surface area contributed by atoms with Crippen LogP contribution in [0.1, 0.15) is 24.8 Å². The number of alkyl halides is 1. The number of aromatic hydroxyl groups is 1. The molecule has 2 rings (SSSR count). The topological polar surface area (TPSA) is 23.5 Å². The van der Waals surface area contributed by atoms with Gasteiger partial charge in [-0.1, -0.05) is 27.5 Å². The van der Waals surface area contributed by atoms with Gasteiger partial charge in [-0.05, 0) is 37.3 Å². The fourth-order valence-corrected chi connectivity index (χ4v) is 3.00. The molecule has 0 amide bonds. The summed E-state index contributed by atoms with van der Waals surface area (Å²) in [7, 11) is 0. The molecule has 0 atom stereocenters. The molecule has 1 aliphatic rings. The van der Waals surface area contributed by atoms with Crippen LogP contribution in [0.3, 0.4) is 0 Å². The van der Waals surface area contributed by atoms with Crippen molar-refractivity contribution in [3.8, 4) is 5.75 Å². The van der Waals surface area contributed by atoms with Crippen LogP contribution in [0.5, 0.6) is 5.75 Å². The first-order chi connectivity index (χ1) is 8.22. The number of hydrogen-bond acceptors (Lipinski definition) is 2. The summed E-state index contributed by atoms with van der Waals surface area (Å²) in [5.74, 6) is 0.356. The largest absolute Gasteiger partial charge is 0.508 e. The Morgan fingerprint density at radius 1 is 1.24 bits per heavy atom. The van der Waals surface area contributed by atoms with Crippen molar-refractivity contribution in [2.75, 3.05) is 23.3 Å². The smallest absolute Gasteiger partial charge is 0.120 e. The minimum atomic E-state index is 0.356. The second-order valence-electron chi connectivity index (χ2n) is 4.42. The molecule has 1 heterocycles. The number of anilines is 1. The van der Waals surface area contributed by atoms with Crippen molar-refractivity contribution in [3.05, 3.63) is 22.7 Å². The van der Waals surface area contributed by atoms with Crippen molar-refractivity contribution in [3.63, 3.8) is 0 Å². The third-order valence-electron chi connectivity index (χ3n) is 3.21. The highest BCUT2D eigenvalue weighted by atomic mass is 79.9. The second-order valence-corrected chi connectivity index (χ2v) is 5.62. The van der Waals surface area contributed by atoms with Gasteiger partial charge in [0.15, 0.2) is 0 Å². The highest BCUT2D eigenvalue weighted by Gasteiger charge is 2.16. The van der Waals surface area contributed by atoms with Crippen molar-refractivity contribution in [1.82, 2.24) is 0 Å². The zero-order chi connectivity index (χ0) is 12.3. The summed E-state index contributed by atoms with van der Waals surface area (Å²) in [6, 6.07) is 3.70. The molecule has 1 aromatic rings. The number of phenolic OH excluding ortho intramolecular Hbond substituents is 1. The molecule has 0 unspecified atom stereocenters. The van der Waals surface area contributed by atoms with E-state index in [4.69, 9.17) is 11.6 Å². The van der Waals surface area contributed by atoms with E-state index in [1.807, 2.05) is 12.1 Å². The summed E-state index contributed by atoms with van der Waals surface area (Å²) in [5.41, 5.74) is 1.88. The molecule has 0 bridgehead atoms. The minimum Gasteiger partial charge on any atom is -0.508 e. The second kappa shape index (κ2) is 5.96. The number of rotatable bonds is 3. The highest BCUT2D eigenvalue weighted by Crippen LogP contribution is 2.34. The molecule has 1 N–H and O–H groups in total. The first-order valence-corrected chi connectivity index (χ1v) is 7.54. The molecule has 1 aromatic carbocycles. The molecule has 4 heteroatoms. The molecular weight excluding hydrogens is 302 g/mol. The van der Waals surface area contributed by atoms with Crippen molar-refractivity contribution in [2.24, 2.45) is 0 Å². The number of benzene rings is 1. The molecule has 0 saturated carbocycles. The van der Waals surface area contributed by atoms with Gasteiger partial charge in [-0.15, -0.1) is 0 Å². The van der Waals surface area contributed by atoms with E-state index in [0.717, 1.165) is 41.1 Å². The summed E-state index contributed by atoms with van der Waals surface area (Å²) in [5, 5.41) is 11.6. The van der Waals surface area contributed by atoms with E-state index in [1.54, 1.807) is 0 Å². The number of aryl methyl sites for hydroxylation is 1. The van der Waals surface area contributed by atoms with Crippen LogP contribution in [0, 0.1) is 0 Å². The average Bonchev–Trinajstić information content (AvgIpc) is 2.35. The molecule has 1 aliphatic heterocycles. The molecule has 2 nitrogen and oxygen atoms in total. The molecule has 0 spiro atoms. The first-order valence-electron chi connectivity index (χ1n) is 6.04. The van der Waals surface area contributed by atoms with E-state index in [0.29, 0.717) is 5.75 Å². The Morgan fingerprint density at radius 3 is 2.59 bits per heavy atom. The predicted octanol–water partition coefficient (Wildman–Crippen LogP) is 3.97. The predicted molar refractivity (Wildman–Crippen MR) is 76.7 cm³/mol. The SMILES string of the molecule is Oc1cc(N2CCCCC2)c(Cl)cc1CCBr. The summed E-state index contributed by atoms with van der Waals surface area (Å²) >= 11 is 9.68. The van der Waals surface area contributed by atoms with E-state index < -0.39 is 0 Å². The Morgan fingerprint density at radius 2 is 1.94 bits per heavy atom. The van der Waals surface area contributed by atoms with Crippen LogP contribution in [0.25, 0.3) is 0 Å². The lowest BCUT2D eigenvalue weighted by Gasteiger charge is -2.30. The van der Waals surface area contributed by atoms with Crippen LogP contribution >= 0.6 is 27.5 Å². The number of nitrogens with zero attached hydrogens (tertiary/aromatic N) is 1. The summed E-state index contributed by atoms with van der Waals surface area (Å²) in [6.45, 7) is 2.08. The Labute approximate surface area is 116 Å². The standard InChI is InChI=1S/C13H17BrClNO/c14-5-4-10-8-11(15)12(9-13(10)17)16-6-2-1-3-7-16/h8-9,17H,1-7H2. The van der Waals surface area contributed by atoms with Crippen LogP contribution < -0.4 is 4.90 Å². The van der Waals surface area contributed by atoms with E-state index in [1.165, 1.54) is 19.3 Å². The van der Waals surface area contributed by atoms with Crippen molar-refractivity contribution < 1.29 is 5.11 Å². The Bertz CT molecular complexity index is 391. The van der Waals surface area contributed by atoms with Crippen LogP contribution in [0.2, 0.25) is 5.02 Å². The molecule has 0 aliphatic carbocycles. The maximum atomic E-state index is 9.97. The lowest BCUT2D eigenvalue weighted by atomic mass is 10.1. The van der Waals surface area contributed by atoms with Gasteiger partial charge < -0.3 is 10.0 Å². The van der Waals surface area contributed by atoms with Gasteiger partial charge >= 0.3 is 0 Å². The van der Waals surface area contributed by atoms with Crippen LogP contribution in [-0.2, 0) is 6.42 Å². The van der Waals surface area contributed by atoms with E-state index in [-0.39, 0.29) is 0 Å². The van der Waals surface area contributed by atoms with Gasteiger partial charge in [0.1, 0.15) is 5.75 Å². The molecule has 0 aromatic heterocycles. The number of hydrogen-bond donors (Lipinski definition) is 1. The molecule has 17 heavy (non-hydrogen) atoms. The van der Waals surface area contributed by atoms with Gasteiger partial charge in [-0.2, -0.15) is 0 Å². The quantitative estimate of drug-likeness (QED) is 0.852. The third kappa shape index (κ3) is 3.08. The number of halogens is 2. The van der Waals surface area contributed by atoms with Gasteiger partial charge in [-0.3, -0.25) is 0 Å². The molecule has 1 saturated heterocycles. The lowest BCUT2D eigenvalue weighted by molar-refractivity contribution is 0.468. The Balaban J connectivity index is 2.25. The number of piperidine rings is 1. The van der Waals surface area contributed by atoms with Gasteiger partial charge in [-0.25, -0.2) is 0 Å². The van der Waals surface area contributed by atoms with E-state index >= 15 is 0 Å². The third-order valence-corrected chi connectivity index (χ3v) is 3.91. The van der Waals surface area contributed by atoms with Crippen LogP contribution in [0.15, 0.2) is 12.1 Å². The molecule has 1 fully saturated rings. The van der Waals surface area contributed by atoms with Gasteiger partial charge in [0.2, 0.25) is 0 Å². The maximum absolute atomic E-state index is 9.97. The highest BCUT2D eigenvalue weighted by molar-refractivity contribution is 9.09. The zero-order valence-electron chi connectivity index (χ0n) is 9.75. The van der Waals surface area contributed by atoms with Gasteiger partial charge in [0.05, 0.1) is 10.7 Å². The lowest BCUT2D eigenvalue weighted by Crippen LogP contribution is -2.29. The van der Waals surface area contributed by atoms with Gasteiger partial charge in [0.25, 0.3) is 0 Å². The van der Waals surface area contributed by atoms with E-state index in [9.17, 15) is 5.11 Å². The van der Waals surface area contributed by atoms with Crippen molar-refractivity contribution in [1.29, 1.82) is 0 Å². The average molecular weight is 319 g/mol. The Hall–Kier alpha value is -0.410. The Kier molecular flexibility index (Phi) is 4.57. The van der Waals surface area contributed by atoms with Crippen molar-refractivity contribution in [2.45, 2.75) is 25.7 Å². The molecular formula is C13H17BrClNO. The fraction of sp³-hybridized carbons (Fsp3) is 0.538. The number of phenols is 1. The molecule has 94 valence electrons. The summed E-state index contributed by atoms with van der Waals surface area (Å²) < 4.78 is 0. The van der Waals surface area contributed by atoms with Crippen LogP contribution in [-0.4, -0.2) is 23.5 Å². The maximum Gasteiger partial charge on any atom is 0.120 e. The first kappa shape index (κ1) is 13.0. The monoisotopic (exact) mass is 317 g/mol. The normalized spacial score (nSPS) is 16.2. The zero-order valence-corrected chi connectivity index (χ0v) is 12.1. The fourth-order valence-electron chi connectivity index (χ4n) is 2.27. The van der Waals surface area contributed by atoms with Crippen molar-refractivity contribution >= 4 is 33.2 Å².